The molecule has 2 amide bonds. The van der Waals surface area contributed by atoms with Crippen LogP contribution in [0.25, 0.3) is 0 Å². The molecule has 3 aromatic rings. The summed E-state index contributed by atoms with van der Waals surface area (Å²) in [4.78, 5) is 24.5. The topological polar surface area (TPSA) is 58.2 Å². The zero-order valence-electron chi connectivity index (χ0n) is 14.9. The van der Waals surface area contributed by atoms with Crippen LogP contribution in [0, 0.1) is 5.82 Å². The maximum absolute atomic E-state index is 13.2. The van der Waals surface area contributed by atoms with Gasteiger partial charge in [0.2, 0.25) is 5.91 Å². The molecule has 4 nitrogen and oxygen atoms in total. The predicted octanol–water partition coefficient (Wildman–Crippen LogP) is 4.11. The minimum absolute atomic E-state index is 0.158. The molecular weight excluding hydrogens is 379 g/mol. The van der Waals surface area contributed by atoms with Crippen LogP contribution in [0.4, 0.5) is 4.39 Å². The first kappa shape index (κ1) is 19.6. The molecule has 142 valence electrons. The highest BCUT2D eigenvalue weighted by molar-refractivity contribution is 6.30. The molecule has 0 heterocycles. The Morgan fingerprint density at radius 1 is 0.893 bits per heavy atom. The Hall–Kier alpha value is -3.18. The average Bonchev–Trinajstić information content (AvgIpc) is 2.71. The standard InChI is InChI=1S/C22H18ClFN2O2/c23-18-11-9-16(10-12-18)21(15-5-2-1-3-6-15)26-20(27)14-25-22(28)17-7-4-8-19(24)13-17/h1-13,21H,14H2,(H,25,28)(H,26,27). The van der Waals surface area contributed by atoms with Crippen molar-refractivity contribution in [2.45, 2.75) is 6.04 Å². The van der Waals surface area contributed by atoms with E-state index < -0.39 is 17.8 Å². The average molecular weight is 397 g/mol. The number of halogens is 2. The summed E-state index contributed by atoms with van der Waals surface area (Å²) in [5.74, 6) is -1.39. The van der Waals surface area contributed by atoms with Crippen molar-refractivity contribution in [1.82, 2.24) is 10.6 Å². The molecule has 28 heavy (non-hydrogen) atoms. The zero-order chi connectivity index (χ0) is 19.9. The van der Waals surface area contributed by atoms with E-state index in [2.05, 4.69) is 10.6 Å². The lowest BCUT2D eigenvalue weighted by Crippen LogP contribution is -2.39. The quantitative estimate of drug-likeness (QED) is 0.658. The van der Waals surface area contributed by atoms with Gasteiger partial charge in [0.05, 0.1) is 12.6 Å². The largest absolute Gasteiger partial charge is 0.344 e. The molecule has 0 bridgehead atoms. The van der Waals surface area contributed by atoms with E-state index in [9.17, 15) is 14.0 Å². The summed E-state index contributed by atoms with van der Waals surface area (Å²) in [5, 5.41) is 6.02. The number of benzene rings is 3. The number of hydrogen-bond donors (Lipinski definition) is 2. The molecule has 6 heteroatoms. The summed E-state index contributed by atoms with van der Waals surface area (Å²) < 4.78 is 13.2. The third-order valence-corrected chi connectivity index (χ3v) is 4.39. The van der Waals surface area contributed by atoms with Crippen molar-refractivity contribution in [3.05, 3.63) is 106 Å². The van der Waals surface area contributed by atoms with Crippen LogP contribution in [-0.4, -0.2) is 18.4 Å². The minimum Gasteiger partial charge on any atom is -0.344 e. The predicted molar refractivity (Wildman–Crippen MR) is 107 cm³/mol. The molecule has 3 aromatic carbocycles. The van der Waals surface area contributed by atoms with E-state index in [1.54, 1.807) is 12.1 Å². The Bertz CT molecular complexity index is 962. The van der Waals surface area contributed by atoms with Gasteiger partial charge in [-0.25, -0.2) is 4.39 Å². The smallest absolute Gasteiger partial charge is 0.251 e. The van der Waals surface area contributed by atoms with Gasteiger partial charge in [-0.15, -0.1) is 0 Å². The Kier molecular flexibility index (Phi) is 6.40. The highest BCUT2D eigenvalue weighted by atomic mass is 35.5. The number of nitrogens with one attached hydrogen (secondary N) is 2. The molecule has 0 aliphatic heterocycles. The van der Waals surface area contributed by atoms with E-state index in [0.29, 0.717) is 5.02 Å². The van der Waals surface area contributed by atoms with E-state index in [1.807, 2.05) is 42.5 Å². The van der Waals surface area contributed by atoms with Gasteiger partial charge in [-0.1, -0.05) is 60.1 Å². The molecule has 3 rings (SSSR count). The van der Waals surface area contributed by atoms with Crippen LogP contribution >= 0.6 is 11.6 Å². The first-order valence-corrected chi connectivity index (χ1v) is 9.04. The van der Waals surface area contributed by atoms with Crippen LogP contribution in [0.15, 0.2) is 78.9 Å². The van der Waals surface area contributed by atoms with Crippen LogP contribution in [0.2, 0.25) is 5.02 Å². The van der Waals surface area contributed by atoms with Crippen molar-refractivity contribution in [3.63, 3.8) is 0 Å². The molecule has 0 aliphatic carbocycles. The van der Waals surface area contributed by atoms with Crippen LogP contribution in [0.3, 0.4) is 0 Å². The second kappa shape index (κ2) is 9.15. The number of carbonyl (C=O) groups excluding carboxylic acids is 2. The SMILES string of the molecule is O=C(CNC(=O)c1cccc(F)c1)NC(c1ccccc1)c1ccc(Cl)cc1. The van der Waals surface area contributed by atoms with Crippen LogP contribution in [-0.2, 0) is 4.79 Å². The number of rotatable bonds is 6. The summed E-state index contributed by atoms with van der Waals surface area (Å²) in [6.07, 6.45) is 0. The lowest BCUT2D eigenvalue weighted by Gasteiger charge is -2.20. The molecule has 2 N–H and O–H groups in total. The van der Waals surface area contributed by atoms with Crippen molar-refractivity contribution < 1.29 is 14.0 Å². The molecule has 0 aliphatic rings. The lowest BCUT2D eigenvalue weighted by atomic mass is 9.98. The number of amides is 2. The van der Waals surface area contributed by atoms with Crippen molar-refractivity contribution >= 4 is 23.4 Å². The minimum atomic E-state index is -0.516. The Labute approximate surface area is 167 Å². The Morgan fingerprint density at radius 3 is 2.25 bits per heavy atom. The van der Waals surface area contributed by atoms with Gasteiger partial charge in [0.25, 0.3) is 5.91 Å². The van der Waals surface area contributed by atoms with E-state index in [0.717, 1.165) is 17.2 Å². The van der Waals surface area contributed by atoms with Gasteiger partial charge in [-0.05, 0) is 41.5 Å². The van der Waals surface area contributed by atoms with Gasteiger partial charge in [0.1, 0.15) is 5.82 Å². The van der Waals surface area contributed by atoms with Gasteiger partial charge in [-0.2, -0.15) is 0 Å². The molecular formula is C22H18ClFN2O2. The van der Waals surface area contributed by atoms with Gasteiger partial charge in [-0.3, -0.25) is 9.59 Å². The molecule has 1 unspecified atom stereocenters. The van der Waals surface area contributed by atoms with Gasteiger partial charge < -0.3 is 10.6 Å². The van der Waals surface area contributed by atoms with Gasteiger partial charge in [0.15, 0.2) is 0 Å². The summed E-state index contributed by atoms with van der Waals surface area (Å²) in [7, 11) is 0. The van der Waals surface area contributed by atoms with E-state index in [1.165, 1.54) is 18.2 Å². The first-order chi connectivity index (χ1) is 13.5. The van der Waals surface area contributed by atoms with Crippen LogP contribution < -0.4 is 10.6 Å². The van der Waals surface area contributed by atoms with E-state index >= 15 is 0 Å². The summed E-state index contributed by atoms with van der Waals surface area (Å²) in [5.41, 5.74) is 1.92. The van der Waals surface area contributed by atoms with Crippen LogP contribution in [0.1, 0.15) is 27.5 Å². The summed E-state index contributed by atoms with van der Waals surface area (Å²) in [6.45, 7) is -0.230. The molecule has 0 spiro atoms. The fraction of sp³-hybridized carbons (Fsp3) is 0.0909. The van der Waals surface area contributed by atoms with Crippen LogP contribution in [0.5, 0.6) is 0 Å². The Balaban J connectivity index is 1.69. The summed E-state index contributed by atoms with van der Waals surface area (Å²) >= 11 is 5.96. The normalized spacial score (nSPS) is 11.5. The second-order valence-corrected chi connectivity index (χ2v) is 6.59. The molecule has 0 saturated carbocycles. The fourth-order valence-corrected chi connectivity index (χ4v) is 2.89. The molecule has 0 fully saturated rings. The highest BCUT2D eigenvalue weighted by Gasteiger charge is 2.17. The molecule has 0 radical (unpaired) electrons. The van der Waals surface area contributed by atoms with Crippen molar-refractivity contribution in [1.29, 1.82) is 0 Å². The highest BCUT2D eigenvalue weighted by Crippen LogP contribution is 2.23. The third-order valence-electron chi connectivity index (χ3n) is 4.14. The number of carbonyl (C=O) groups is 2. The van der Waals surface area contributed by atoms with Gasteiger partial charge >= 0.3 is 0 Å². The molecule has 0 saturated heterocycles. The first-order valence-electron chi connectivity index (χ1n) is 8.66. The maximum atomic E-state index is 13.2. The summed E-state index contributed by atoms with van der Waals surface area (Å²) in [6, 6.07) is 21.6. The van der Waals surface area contributed by atoms with Crippen molar-refractivity contribution in [3.8, 4) is 0 Å². The number of hydrogen-bond acceptors (Lipinski definition) is 2. The Morgan fingerprint density at radius 2 is 1.57 bits per heavy atom. The second-order valence-electron chi connectivity index (χ2n) is 6.16. The van der Waals surface area contributed by atoms with Crippen molar-refractivity contribution in [2.24, 2.45) is 0 Å². The zero-order valence-corrected chi connectivity index (χ0v) is 15.6. The maximum Gasteiger partial charge on any atom is 0.251 e. The molecule has 1 atom stereocenters. The van der Waals surface area contributed by atoms with Crippen molar-refractivity contribution in [2.75, 3.05) is 6.54 Å². The lowest BCUT2D eigenvalue weighted by molar-refractivity contribution is -0.120. The van der Waals surface area contributed by atoms with Gasteiger partial charge in [0, 0.05) is 10.6 Å². The monoisotopic (exact) mass is 396 g/mol. The van der Waals surface area contributed by atoms with E-state index in [4.69, 9.17) is 11.6 Å². The molecule has 0 aromatic heterocycles. The third kappa shape index (κ3) is 5.18. The fourth-order valence-electron chi connectivity index (χ4n) is 2.76. The van der Waals surface area contributed by atoms with E-state index in [-0.39, 0.29) is 18.0 Å².